The highest BCUT2D eigenvalue weighted by molar-refractivity contribution is 5.69. The first-order valence-electron chi connectivity index (χ1n) is 3.48. The monoisotopic (exact) mass is 157 g/mol. The summed E-state index contributed by atoms with van der Waals surface area (Å²) >= 11 is 0. The predicted octanol–water partition coefficient (Wildman–Crippen LogP) is 0.823. The summed E-state index contributed by atoms with van der Waals surface area (Å²) in [5.74, 6) is -1.21. The lowest BCUT2D eigenvalue weighted by molar-refractivity contribution is -0.141. The summed E-state index contributed by atoms with van der Waals surface area (Å²) < 4.78 is 0. The summed E-state index contributed by atoms with van der Waals surface area (Å²) in [4.78, 5) is 23.3. The number of nitrogens with zero attached hydrogens (tertiary/aromatic N) is 1. The Balaban J connectivity index is 3.69. The van der Waals surface area contributed by atoms with Crippen molar-refractivity contribution in [1.82, 2.24) is 0 Å². The summed E-state index contributed by atoms with van der Waals surface area (Å²) in [6.07, 6.45) is 2.36. The van der Waals surface area contributed by atoms with E-state index < -0.39 is 5.97 Å². The summed E-state index contributed by atoms with van der Waals surface area (Å²) in [7, 11) is 0. The van der Waals surface area contributed by atoms with Crippen LogP contribution in [0.15, 0.2) is 4.99 Å². The number of carboxylic acids is 1. The first kappa shape index (κ1) is 9.85. The third-order valence-corrected chi connectivity index (χ3v) is 1.50. The van der Waals surface area contributed by atoms with Gasteiger partial charge in [0, 0.05) is 0 Å². The number of rotatable bonds is 5. The molecule has 0 aromatic carbocycles. The highest BCUT2D eigenvalue weighted by Crippen LogP contribution is 2.07. The maximum absolute atomic E-state index is 10.4. The quantitative estimate of drug-likeness (QED) is 0.474. The minimum absolute atomic E-state index is 0.258. The average molecular weight is 157 g/mol. The lowest BCUT2D eigenvalue weighted by Gasteiger charge is -2.05. The third-order valence-electron chi connectivity index (χ3n) is 1.50. The van der Waals surface area contributed by atoms with Crippen LogP contribution in [0, 0.1) is 5.92 Å². The molecule has 0 fully saturated rings. The Morgan fingerprint density at radius 1 is 1.73 bits per heavy atom. The number of hydrogen-bond donors (Lipinski definition) is 1. The van der Waals surface area contributed by atoms with Crippen LogP contribution in [0.5, 0.6) is 0 Å². The Bertz CT molecular complexity index is 173. The van der Waals surface area contributed by atoms with Crippen molar-refractivity contribution in [1.29, 1.82) is 0 Å². The Morgan fingerprint density at radius 2 is 2.36 bits per heavy atom. The predicted molar refractivity (Wildman–Crippen MR) is 39.0 cm³/mol. The largest absolute Gasteiger partial charge is 0.481 e. The molecule has 1 N–H and O–H groups in total. The van der Waals surface area contributed by atoms with Gasteiger partial charge in [-0.3, -0.25) is 4.79 Å². The molecule has 4 nitrogen and oxygen atoms in total. The number of isocyanates is 1. The van der Waals surface area contributed by atoms with Crippen molar-refractivity contribution in [3.05, 3.63) is 0 Å². The van der Waals surface area contributed by atoms with Gasteiger partial charge in [0.25, 0.3) is 0 Å². The van der Waals surface area contributed by atoms with Crippen LogP contribution in [0.25, 0.3) is 0 Å². The lowest BCUT2D eigenvalue weighted by atomic mass is 10.0. The summed E-state index contributed by atoms with van der Waals surface area (Å²) in [5, 5.41) is 8.53. The van der Waals surface area contributed by atoms with Gasteiger partial charge in [-0.05, 0) is 12.8 Å². The van der Waals surface area contributed by atoms with E-state index in [4.69, 9.17) is 5.11 Å². The first-order chi connectivity index (χ1) is 5.22. The van der Waals surface area contributed by atoms with Crippen molar-refractivity contribution in [2.75, 3.05) is 6.54 Å². The van der Waals surface area contributed by atoms with Crippen LogP contribution in [0.4, 0.5) is 0 Å². The highest BCUT2D eigenvalue weighted by Gasteiger charge is 2.13. The van der Waals surface area contributed by atoms with Crippen molar-refractivity contribution in [2.45, 2.75) is 19.8 Å². The van der Waals surface area contributed by atoms with E-state index in [9.17, 15) is 9.59 Å². The molecule has 0 rings (SSSR count). The van der Waals surface area contributed by atoms with E-state index in [-0.39, 0.29) is 12.5 Å². The third kappa shape index (κ3) is 4.28. The molecule has 0 bridgehead atoms. The van der Waals surface area contributed by atoms with E-state index in [1.165, 1.54) is 6.08 Å². The standard InChI is InChI=1S/C7H11NO3/c1-2-6(7(10)11)3-4-8-5-9/h6H,2-4H2,1H3,(H,10,11). The SMILES string of the molecule is CCC(CCN=C=O)C(=O)O. The van der Waals surface area contributed by atoms with Gasteiger partial charge >= 0.3 is 5.97 Å². The van der Waals surface area contributed by atoms with Crippen LogP contribution in [0.2, 0.25) is 0 Å². The summed E-state index contributed by atoms with van der Waals surface area (Å²) in [6.45, 7) is 2.05. The number of hydrogen-bond acceptors (Lipinski definition) is 3. The van der Waals surface area contributed by atoms with Gasteiger partial charge in [0.1, 0.15) is 0 Å². The second kappa shape index (κ2) is 5.62. The summed E-state index contributed by atoms with van der Waals surface area (Å²) in [6, 6.07) is 0. The average Bonchev–Trinajstić information content (AvgIpc) is 1.97. The van der Waals surface area contributed by atoms with Crippen LogP contribution in [0.1, 0.15) is 19.8 Å². The zero-order valence-corrected chi connectivity index (χ0v) is 6.41. The van der Waals surface area contributed by atoms with Crippen LogP contribution in [-0.2, 0) is 9.59 Å². The molecule has 0 aliphatic rings. The van der Waals surface area contributed by atoms with Crippen molar-refractivity contribution in [2.24, 2.45) is 10.9 Å². The van der Waals surface area contributed by atoms with E-state index in [0.717, 1.165) is 0 Å². The Hall–Kier alpha value is -1.15. The zero-order valence-electron chi connectivity index (χ0n) is 6.41. The molecule has 0 radical (unpaired) electrons. The second-order valence-corrected chi connectivity index (χ2v) is 2.21. The molecule has 0 amide bonds. The van der Waals surface area contributed by atoms with Gasteiger partial charge in [-0.15, -0.1) is 0 Å². The fourth-order valence-corrected chi connectivity index (χ4v) is 0.768. The number of carboxylic acid groups (broad SMARTS) is 1. The Kier molecular flexibility index (Phi) is 5.03. The van der Waals surface area contributed by atoms with Crippen molar-refractivity contribution >= 4 is 12.0 Å². The fraction of sp³-hybridized carbons (Fsp3) is 0.714. The molecule has 0 aromatic heterocycles. The molecule has 11 heavy (non-hydrogen) atoms. The number of aliphatic carboxylic acids is 1. The molecule has 0 aliphatic carbocycles. The molecule has 1 atom stereocenters. The molecular weight excluding hydrogens is 146 g/mol. The molecular formula is C7H11NO3. The normalized spacial score (nSPS) is 11.7. The Morgan fingerprint density at radius 3 is 2.73 bits per heavy atom. The number of carbonyl (C=O) groups is 1. The molecule has 0 saturated heterocycles. The molecule has 62 valence electrons. The van der Waals surface area contributed by atoms with Crippen LogP contribution >= 0.6 is 0 Å². The van der Waals surface area contributed by atoms with Gasteiger partial charge in [0.15, 0.2) is 0 Å². The number of carbonyl (C=O) groups excluding carboxylic acids is 1. The topological polar surface area (TPSA) is 66.7 Å². The molecule has 0 spiro atoms. The molecule has 0 aromatic rings. The summed E-state index contributed by atoms with van der Waals surface area (Å²) in [5.41, 5.74) is 0. The smallest absolute Gasteiger partial charge is 0.306 e. The van der Waals surface area contributed by atoms with E-state index in [0.29, 0.717) is 12.8 Å². The molecule has 1 unspecified atom stereocenters. The van der Waals surface area contributed by atoms with Gasteiger partial charge in [0.05, 0.1) is 12.5 Å². The van der Waals surface area contributed by atoms with Crippen LogP contribution < -0.4 is 0 Å². The van der Waals surface area contributed by atoms with Gasteiger partial charge < -0.3 is 5.11 Å². The highest BCUT2D eigenvalue weighted by atomic mass is 16.4. The van der Waals surface area contributed by atoms with Gasteiger partial charge in [-0.25, -0.2) is 9.79 Å². The van der Waals surface area contributed by atoms with E-state index in [1.807, 2.05) is 0 Å². The van der Waals surface area contributed by atoms with Crippen LogP contribution in [-0.4, -0.2) is 23.7 Å². The minimum atomic E-state index is -0.825. The van der Waals surface area contributed by atoms with Gasteiger partial charge in [-0.2, -0.15) is 0 Å². The molecule has 0 aliphatic heterocycles. The lowest BCUT2D eigenvalue weighted by Crippen LogP contribution is -2.13. The van der Waals surface area contributed by atoms with Crippen molar-refractivity contribution < 1.29 is 14.7 Å². The van der Waals surface area contributed by atoms with Crippen molar-refractivity contribution in [3.63, 3.8) is 0 Å². The second-order valence-electron chi connectivity index (χ2n) is 2.21. The van der Waals surface area contributed by atoms with Crippen LogP contribution in [0.3, 0.4) is 0 Å². The number of aliphatic imine (C=N–C) groups is 1. The van der Waals surface area contributed by atoms with Gasteiger partial charge in [0.2, 0.25) is 6.08 Å². The Labute approximate surface area is 64.9 Å². The van der Waals surface area contributed by atoms with E-state index in [1.54, 1.807) is 6.92 Å². The van der Waals surface area contributed by atoms with E-state index >= 15 is 0 Å². The maximum atomic E-state index is 10.4. The molecule has 0 saturated carbocycles. The zero-order chi connectivity index (χ0) is 8.69. The van der Waals surface area contributed by atoms with Crippen molar-refractivity contribution in [3.8, 4) is 0 Å². The molecule has 0 heterocycles. The molecule has 4 heteroatoms. The van der Waals surface area contributed by atoms with E-state index in [2.05, 4.69) is 4.99 Å². The maximum Gasteiger partial charge on any atom is 0.306 e. The first-order valence-corrected chi connectivity index (χ1v) is 3.48. The fourth-order valence-electron chi connectivity index (χ4n) is 0.768. The minimum Gasteiger partial charge on any atom is -0.481 e. The van der Waals surface area contributed by atoms with Gasteiger partial charge in [-0.1, -0.05) is 6.92 Å².